The first-order chi connectivity index (χ1) is 9.61. The average Bonchev–Trinajstić information content (AvgIpc) is 2.45. The summed E-state index contributed by atoms with van der Waals surface area (Å²) in [5.41, 5.74) is 1.05. The molecule has 1 aliphatic carbocycles. The largest absolute Gasteiger partial charge is 0.389 e. The van der Waals surface area contributed by atoms with Gasteiger partial charge in [-0.3, -0.25) is 0 Å². The van der Waals surface area contributed by atoms with Crippen LogP contribution in [0, 0.1) is 11.8 Å². The highest BCUT2D eigenvalue weighted by atomic mass is 16.5. The number of aliphatic hydroxyl groups is 1. The van der Waals surface area contributed by atoms with Gasteiger partial charge in [0.25, 0.3) is 0 Å². The number of hydrogen-bond acceptors (Lipinski definition) is 2. The van der Waals surface area contributed by atoms with Gasteiger partial charge in [0.1, 0.15) is 0 Å². The second-order valence-corrected chi connectivity index (χ2v) is 6.14. The Labute approximate surface area is 132 Å². The Kier molecular flexibility index (Phi) is 10.7. The van der Waals surface area contributed by atoms with Crippen molar-refractivity contribution < 1.29 is 9.84 Å². The van der Waals surface area contributed by atoms with Crippen LogP contribution in [0.1, 0.15) is 66.7 Å². The summed E-state index contributed by atoms with van der Waals surface area (Å²) in [4.78, 5) is 0. The molecule has 2 nitrogen and oxygen atoms in total. The predicted molar refractivity (Wildman–Crippen MR) is 92.5 cm³/mol. The third-order valence-corrected chi connectivity index (χ3v) is 4.57. The zero-order valence-electron chi connectivity index (χ0n) is 13.5. The van der Waals surface area contributed by atoms with Crippen LogP contribution >= 0.6 is 0 Å². The highest BCUT2D eigenvalue weighted by Crippen LogP contribution is 2.32. The van der Waals surface area contributed by atoms with Gasteiger partial charge in [-0.15, -0.1) is 0 Å². The smallest absolute Gasteiger partial charge is 0.0851 e. The predicted octanol–water partition coefficient (Wildman–Crippen LogP) is 5.13. The van der Waals surface area contributed by atoms with Crippen LogP contribution in [0.5, 0.6) is 0 Å². The van der Waals surface area contributed by atoms with Gasteiger partial charge in [0.15, 0.2) is 0 Å². The lowest BCUT2D eigenvalue weighted by Crippen LogP contribution is -2.38. The molecule has 0 saturated heterocycles. The standard InChI is InChI=1S/C18H32O2.CH4/c1-5-7-8-9-10-11-12-20-18-15(4)14(3)17(19)13-16(18)6-2;/h6,13-15,17-19H,2,5,7-12H2,1,3-4H3;1H4. The van der Waals surface area contributed by atoms with E-state index in [2.05, 4.69) is 27.4 Å². The van der Waals surface area contributed by atoms with E-state index in [-0.39, 0.29) is 25.6 Å². The first-order valence-corrected chi connectivity index (χ1v) is 8.25. The molecule has 124 valence electrons. The van der Waals surface area contributed by atoms with E-state index in [1.165, 1.54) is 32.1 Å². The van der Waals surface area contributed by atoms with Crippen molar-refractivity contribution in [2.45, 2.75) is 78.9 Å². The molecule has 0 bridgehead atoms. The number of rotatable bonds is 9. The number of ether oxygens (including phenoxy) is 1. The molecule has 0 aromatic heterocycles. The van der Waals surface area contributed by atoms with Crippen molar-refractivity contribution in [3.63, 3.8) is 0 Å². The molecule has 0 heterocycles. The van der Waals surface area contributed by atoms with E-state index in [4.69, 9.17) is 4.74 Å². The van der Waals surface area contributed by atoms with E-state index in [0.717, 1.165) is 18.6 Å². The summed E-state index contributed by atoms with van der Waals surface area (Å²) in [7, 11) is 0. The van der Waals surface area contributed by atoms with Gasteiger partial charge >= 0.3 is 0 Å². The molecule has 0 aromatic carbocycles. The molecule has 0 aliphatic heterocycles. The number of aliphatic hydroxyl groups excluding tert-OH is 1. The summed E-state index contributed by atoms with van der Waals surface area (Å²) < 4.78 is 6.07. The van der Waals surface area contributed by atoms with E-state index < -0.39 is 0 Å². The molecular formula is C19H36O2. The van der Waals surface area contributed by atoms with E-state index in [1.807, 2.05) is 12.2 Å². The normalized spacial score (nSPS) is 28.7. The third-order valence-electron chi connectivity index (χ3n) is 4.57. The van der Waals surface area contributed by atoms with Crippen LogP contribution in [0.25, 0.3) is 0 Å². The molecule has 0 spiro atoms. The molecule has 0 saturated carbocycles. The zero-order chi connectivity index (χ0) is 15.0. The van der Waals surface area contributed by atoms with Crippen LogP contribution in [0.2, 0.25) is 0 Å². The maximum Gasteiger partial charge on any atom is 0.0851 e. The van der Waals surface area contributed by atoms with Gasteiger partial charge in [-0.1, -0.05) is 79.0 Å². The van der Waals surface area contributed by atoms with Crippen LogP contribution in [-0.4, -0.2) is 23.9 Å². The van der Waals surface area contributed by atoms with Gasteiger partial charge in [0, 0.05) is 6.61 Å². The van der Waals surface area contributed by atoms with Gasteiger partial charge in [-0.05, 0) is 23.8 Å². The Morgan fingerprint density at radius 1 is 1.14 bits per heavy atom. The molecule has 0 radical (unpaired) electrons. The molecule has 2 heteroatoms. The summed E-state index contributed by atoms with van der Waals surface area (Å²) in [6.45, 7) is 11.2. The third kappa shape index (κ3) is 6.36. The Bertz CT molecular complexity index is 309. The lowest BCUT2D eigenvalue weighted by atomic mass is 9.78. The van der Waals surface area contributed by atoms with Crippen LogP contribution in [-0.2, 0) is 4.74 Å². The minimum atomic E-state index is -0.369. The van der Waals surface area contributed by atoms with E-state index in [0.29, 0.717) is 5.92 Å². The first kappa shape index (κ1) is 20.4. The van der Waals surface area contributed by atoms with Crippen molar-refractivity contribution in [3.8, 4) is 0 Å². The summed E-state index contributed by atoms with van der Waals surface area (Å²) in [6.07, 6.45) is 11.2. The van der Waals surface area contributed by atoms with E-state index in [9.17, 15) is 5.11 Å². The minimum absolute atomic E-state index is 0. The van der Waals surface area contributed by atoms with Crippen LogP contribution in [0.3, 0.4) is 0 Å². The maximum atomic E-state index is 9.98. The number of unbranched alkanes of at least 4 members (excludes halogenated alkanes) is 5. The zero-order valence-corrected chi connectivity index (χ0v) is 13.5. The second kappa shape index (κ2) is 11.0. The molecule has 0 amide bonds. The Morgan fingerprint density at radius 2 is 1.76 bits per heavy atom. The number of hydrogen-bond donors (Lipinski definition) is 1. The van der Waals surface area contributed by atoms with Crippen molar-refractivity contribution in [1.29, 1.82) is 0 Å². The van der Waals surface area contributed by atoms with Crippen LogP contribution in [0.4, 0.5) is 0 Å². The fraction of sp³-hybridized carbons (Fsp3) is 0.789. The SMILES string of the molecule is C.C=CC1=CC(O)C(C)C(C)C1OCCCCCCCC. The van der Waals surface area contributed by atoms with E-state index in [1.54, 1.807) is 0 Å². The molecule has 4 unspecified atom stereocenters. The topological polar surface area (TPSA) is 29.5 Å². The summed E-state index contributed by atoms with van der Waals surface area (Å²) in [5, 5.41) is 9.98. The maximum absolute atomic E-state index is 9.98. The van der Waals surface area contributed by atoms with Crippen molar-refractivity contribution in [3.05, 3.63) is 24.3 Å². The molecule has 1 aliphatic rings. The molecule has 4 atom stereocenters. The quantitative estimate of drug-likeness (QED) is 0.598. The molecule has 0 aromatic rings. The lowest BCUT2D eigenvalue weighted by Gasteiger charge is -2.36. The molecular weight excluding hydrogens is 260 g/mol. The van der Waals surface area contributed by atoms with Gasteiger partial charge in [-0.2, -0.15) is 0 Å². The molecule has 0 fully saturated rings. The van der Waals surface area contributed by atoms with Crippen molar-refractivity contribution in [2.24, 2.45) is 11.8 Å². The van der Waals surface area contributed by atoms with Gasteiger partial charge in [0.2, 0.25) is 0 Å². The highest BCUT2D eigenvalue weighted by molar-refractivity contribution is 5.27. The monoisotopic (exact) mass is 296 g/mol. The van der Waals surface area contributed by atoms with Crippen molar-refractivity contribution in [2.75, 3.05) is 6.61 Å². The fourth-order valence-corrected chi connectivity index (χ4v) is 2.86. The van der Waals surface area contributed by atoms with Crippen LogP contribution in [0.15, 0.2) is 24.3 Å². The van der Waals surface area contributed by atoms with Crippen LogP contribution < -0.4 is 0 Å². The Hall–Kier alpha value is -0.600. The van der Waals surface area contributed by atoms with Gasteiger partial charge < -0.3 is 9.84 Å². The fourth-order valence-electron chi connectivity index (χ4n) is 2.86. The van der Waals surface area contributed by atoms with Gasteiger partial charge in [-0.25, -0.2) is 0 Å². The van der Waals surface area contributed by atoms with Gasteiger partial charge in [0.05, 0.1) is 12.2 Å². The Balaban J connectivity index is 0.00000400. The summed E-state index contributed by atoms with van der Waals surface area (Å²) >= 11 is 0. The lowest BCUT2D eigenvalue weighted by molar-refractivity contribution is -0.00811. The summed E-state index contributed by atoms with van der Waals surface area (Å²) in [6, 6.07) is 0. The van der Waals surface area contributed by atoms with Crippen molar-refractivity contribution >= 4 is 0 Å². The first-order valence-electron chi connectivity index (χ1n) is 8.25. The minimum Gasteiger partial charge on any atom is -0.389 e. The molecule has 1 N–H and O–H groups in total. The Morgan fingerprint density at radius 3 is 2.38 bits per heavy atom. The molecule has 21 heavy (non-hydrogen) atoms. The summed E-state index contributed by atoms with van der Waals surface area (Å²) in [5.74, 6) is 0.580. The van der Waals surface area contributed by atoms with Crippen molar-refractivity contribution in [1.82, 2.24) is 0 Å². The molecule has 1 rings (SSSR count). The average molecular weight is 296 g/mol. The highest BCUT2D eigenvalue weighted by Gasteiger charge is 2.33. The van der Waals surface area contributed by atoms with E-state index >= 15 is 0 Å². The second-order valence-electron chi connectivity index (χ2n) is 6.14.